The number of rotatable bonds is 5. The zero-order valence-electron chi connectivity index (χ0n) is 15.9. The van der Waals surface area contributed by atoms with Crippen LogP contribution in [-0.4, -0.2) is 13.5 Å². The average molecular weight is 446 g/mol. The first-order chi connectivity index (χ1) is 13.7. The van der Waals surface area contributed by atoms with Crippen molar-refractivity contribution in [3.05, 3.63) is 82.9 Å². The molecule has 0 fully saturated rings. The molecule has 3 aromatic rings. The lowest BCUT2D eigenvalue weighted by Gasteiger charge is -2.14. The van der Waals surface area contributed by atoms with Gasteiger partial charge in [-0.05, 0) is 73.6 Å². The smallest absolute Gasteiger partial charge is 0.262 e. The fourth-order valence-corrected chi connectivity index (χ4v) is 4.24. The van der Waals surface area contributed by atoms with E-state index in [-0.39, 0.29) is 4.90 Å². The Balaban J connectivity index is 1.76. The Morgan fingerprint density at radius 3 is 2.41 bits per heavy atom. The molecule has 0 aliphatic heterocycles. The van der Waals surface area contributed by atoms with E-state index in [0.29, 0.717) is 21.5 Å². The van der Waals surface area contributed by atoms with Crippen molar-refractivity contribution in [3.63, 3.8) is 0 Å². The van der Waals surface area contributed by atoms with E-state index in [2.05, 4.69) is 15.4 Å². The van der Waals surface area contributed by atoms with Crippen LogP contribution < -0.4 is 15.4 Å². The third-order valence-corrected chi connectivity index (χ3v) is 6.06. The minimum absolute atomic E-state index is 0.0944. The Morgan fingerprint density at radius 2 is 1.66 bits per heavy atom. The van der Waals surface area contributed by atoms with E-state index in [1.54, 1.807) is 36.4 Å². The summed E-state index contributed by atoms with van der Waals surface area (Å²) >= 11 is 11.4. The molecule has 0 aromatic heterocycles. The monoisotopic (exact) mass is 445 g/mol. The van der Waals surface area contributed by atoms with Crippen LogP contribution in [0.5, 0.6) is 0 Å². The number of hydrogen-bond donors (Lipinski definition) is 3. The van der Waals surface area contributed by atoms with Crippen LogP contribution in [0.2, 0.25) is 5.02 Å². The summed E-state index contributed by atoms with van der Waals surface area (Å²) in [6.45, 7) is 3.99. The molecule has 0 spiro atoms. The topological polar surface area (TPSA) is 70.2 Å². The number of halogens is 1. The Labute approximate surface area is 181 Å². The van der Waals surface area contributed by atoms with Crippen molar-refractivity contribution in [1.29, 1.82) is 0 Å². The second-order valence-electron chi connectivity index (χ2n) is 6.51. The van der Waals surface area contributed by atoms with Gasteiger partial charge in [0.25, 0.3) is 10.0 Å². The minimum atomic E-state index is -3.80. The lowest BCUT2D eigenvalue weighted by molar-refractivity contribution is 0.601. The van der Waals surface area contributed by atoms with Gasteiger partial charge in [0.15, 0.2) is 5.11 Å². The summed E-state index contributed by atoms with van der Waals surface area (Å²) in [4.78, 5) is 0.0944. The van der Waals surface area contributed by atoms with Crippen LogP contribution in [0, 0.1) is 13.8 Å². The van der Waals surface area contributed by atoms with E-state index >= 15 is 0 Å². The first kappa shape index (κ1) is 21.1. The largest absolute Gasteiger partial charge is 0.332 e. The van der Waals surface area contributed by atoms with Crippen LogP contribution in [0.4, 0.5) is 17.1 Å². The van der Waals surface area contributed by atoms with Gasteiger partial charge in [-0.2, -0.15) is 0 Å². The lowest BCUT2D eigenvalue weighted by atomic mass is 10.1. The molecule has 0 unspecified atom stereocenters. The molecule has 0 saturated carbocycles. The molecule has 3 aromatic carbocycles. The maximum atomic E-state index is 12.7. The number of nitrogens with one attached hydrogen (secondary N) is 3. The SMILES string of the molecule is Cc1ccc(C)c(NC(=S)Nc2cccc(S(=O)(=O)Nc3ccccc3Cl)c2)c1. The molecule has 29 heavy (non-hydrogen) atoms. The Kier molecular flexibility index (Phi) is 6.42. The number of aryl methyl sites for hydroxylation is 2. The first-order valence-corrected chi connectivity index (χ1v) is 11.0. The number of benzene rings is 3. The molecular weight excluding hydrogens is 426 g/mol. The van der Waals surface area contributed by atoms with Crippen LogP contribution >= 0.6 is 23.8 Å². The number of para-hydroxylation sites is 1. The summed E-state index contributed by atoms with van der Waals surface area (Å²) in [5.41, 5.74) is 3.93. The van der Waals surface area contributed by atoms with Crippen molar-refractivity contribution in [3.8, 4) is 0 Å². The third kappa shape index (κ3) is 5.47. The van der Waals surface area contributed by atoms with Crippen LogP contribution in [0.1, 0.15) is 11.1 Å². The number of hydrogen-bond acceptors (Lipinski definition) is 3. The van der Waals surface area contributed by atoms with Gasteiger partial charge in [-0.15, -0.1) is 0 Å². The summed E-state index contributed by atoms with van der Waals surface area (Å²) in [5.74, 6) is 0. The summed E-state index contributed by atoms with van der Waals surface area (Å²) < 4.78 is 27.9. The quantitative estimate of drug-likeness (QED) is 0.448. The van der Waals surface area contributed by atoms with E-state index in [0.717, 1.165) is 16.8 Å². The van der Waals surface area contributed by atoms with Gasteiger partial charge in [-0.25, -0.2) is 8.42 Å². The van der Waals surface area contributed by atoms with E-state index in [9.17, 15) is 8.42 Å². The molecule has 150 valence electrons. The van der Waals surface area contributed by atoms with Crippen molar-refractivity contribution < 1.29 is 8.42 Å². The van der Waals surface area contributed by atoms with Crippen molar-refractivity contribution in [1.82, 2.24) is 0 Å². The van der Waals surface area contributed by atoms with Gasteiger partial charge in [0.1, 0.15) is 0 Å². The third-order valence-electron chi connectivity index (χ3n) is 4.16. The van der Waals surface area contributed by atoms with Crippen LogP contribution in [0.15, 0.2) is 71.6 Å². The summed E-state index contributed by atoms with van der Waals surface area (Å²) in [7, 11) is -3.80. The molecule has 0 radical (unpaired) electrons. The van der Waals surface area contributed by atoms with Crippen LogP contribution in [0.25, 0.3) is 0 Å². The maximum Gasteiger partial charge on any atom is 0.262 e. The van der Waals surface area contributed by atoms with Gasteiger partial charge in [0.05, 0.1) is 15.6 Å². The van der Waals surface area contributed by atoms with Crippen molar-refractivity contribution >= 4 is 56.0 Å². The lowest BCUT2D eigenvalue weighted by Crippen LogP contribution is -2.20. The predicted molar refractivity (Wildman–Crippen MR) is 124 cm³/mol. The summed E-state index contributed by atoms with van der Waals surface area (Å²) in [5, 5.41) is 6.86. The van der Waals surface area contributed by atoms with Crippen molar-refractivity contribution in [2.24, 2.45) is 0 Å². The normalized spacial score (nSPS) is 11.0. The standard InChI is InChI=1S/C21H20ClN3O2S2/c1-14-10-11-15(2)20(12-14)24-21(28)23-16-6-5-7-17(13-16)29(26,27)25-19-9-4-3-8-18(19)22/h3-13,25H,1-2H3,(H2,23,24,28). The molecule has 8 heteroatoms. The highest BCUT2D eigenvalue weighted by molar-refractivity contribution is 7.92. The highest BCUT2D eigenvalue weighted by Gasteiger charge is 2.16. The van der Waals surface area contributed by atoms with Crippen molar-refractivity contribution in [2.45, 2.75) is 18.7 Å². The van der Waals surface area contributed by atoms with Gasteiger partial charge in [0.2, 0.25) is 0 Å². The highest BCUT2D eigenvalue weighted by Crippen LogP contribution is 2.25. The van der Waals surface area contributed by atoms with Gasteiger partial charge in [0, 0.05) is 11.4 Å². The molecular formula is C21H20ClN3O2S2. The Bertz CT molecular complexity index is 1160. The molecule has 3 rings (SSSR count). The van der Waals surface area contributed by atoms with E-state index in [1.165, 1.54) is 12.1 Å². The zero-order valence-corrected chi connectivity index (χ0v) is 18.3. The predicted octanol–water partition coefficient (Wildman–Crippen LogP) is 5.57. The molecule has 5 nitrogen and oxygen atoms in total. The Hall–Kier alpha value is -2.61. The molecule has 0 aliphatic carbocycles. The van der Waals surface area contributed by atoms with Crippen LogP contribution in [-0.2, 0) is 10.0 Å². The summed E-state index contributed by atoms with van der Waals surface area (Å²) in [6, 6.07) is 19.1. The molecule has 0 aliphatic rings. The molecule has 0 atom stereocenters. The Morgan fingerprint density at radius 1 is 0.897 bits per heavy atom. The first-order valence-electron chi connectivity index (χ1n) is 8.77. The fourth-order valence-electron chi connectivity index (χ4n) is 2.64. The van der Waals surface area contributed by atoms with Crippen molar-refractivity contribution in [2.75, 3.05) is 15.4 Å². The molecule has 0 amide bonds. The van der Waals surface area contributed by atoms with Gasteiger partial charge in [-0.3, -0.25) is 4.72 Å². The van der Waals surface area contributed by atoms with Gasteiger partial charge < -0.3 is 10.6 Å². The second kappa shape index (κ2) is 8.82. The molecule has 0 saturated heterocycles. The molecule has 0 bridgehead atoms. The average Bonchev–Trinajstić information content (AvgIpc) is 2.66. The molecule has 0 heterocycles. The number of thiocarbonyl (C=S) groups is 1. The number of sulfonamides is 1. The van der Waals surface area contributed by atoms with E-state index < -0.39 is 10.0 Å². The maximum absolute atomic E-state index is 12.7. The highest BCUT2D eigenvalue weighted by atomic mass is 35.5. The van der Waals surface area contributed by atoms with Crippen LogP contribution in [0.3, 0.4) is 0 Å². The number of anilines is 3. The second-order valence-corrected chi connectivity index (χ2v) is 9.01. The fraction of sp³-hybridized carbons (Fsp3) is 0.0952. The van der Waals surface area contributed by atoms with E-state index in [4.69, 9.17) is 23.8 Å². The zero-order chi connectivity index (χ0) is 21.0. The van der Waals surface area contributed by atoms with E-state index in [1.807, 2.05) is 32.0 Å². The summed E-state index contributed by atoms with van der Waals surface area (Å²) in [6.07, 6.45) is 0. The molecule has 3 N–H and O–H groups in total. The van der Waals surface area contributed by atoms with Gasteiger partial charge in [-0.1, -0.05) is 41.9 Å². The minimum Gasteiger partial charge on any atom is -0.332 e. The van der Waals surface area contributed by atoms with Gasteiger partial charge >= 0.3 is 0 Å².